The van der Waals surface area contributed by atoms with E-state index in [0.29, 0.717) is 6.29 Å². The van der Waals surface area contributed by atoms with E-state index in [4.69, 9.17) is 11.6 Å². The van der Waals surface area contributed by atoms with Crippen molar-refractivity contribution in [2.45, 2.75) is 13.8 Å². The summed E-state index contributed by atoms with van der Waals surface area (Å²) in [6, 6.07) is 1.32. The normalized spacial score (nSPS) is 10.0. The Hall–Kier alpha value is -0.890. The van der Waals surface area contributed by atoms with E-state index in [1.165, 1.54) is 6.07 Å². The van der Waals surface area contributed by atoms with Crippen LogP contribution in [0.4, 0.5) is 4.39 Å². The molecule has 0 fully saturated rings. The van der Waals surface area contributed by atoms with E-state index in [2.05, 4.69) is 0 Å². The highest BCUT2D eigenvalue weighted by Gasteiger charge is 2.10. The maximum absolute atomic E-state index is 12.9. The molecule has 0 atom stereocenters. The van der Waals surface area contributed by atoms with Crippen molar-refractivity contribution < 1.29 is 9.18 Å². The predicted octanol–water partition coefficient (Wildman–Crippen LogP) is 2.91. The molecule has 0 bridgehead atoms. The van der Waals surface area contributed by atoms with Crippen molar-refractivity contribution in [1.29, 1.82) is 0 Å². The molecule has 0 aromatic heterocycles. The van der Waals surface area contributed by atoms with Crippen LogP contribution < -0.4 is 0 Å². The summed E-state index contributed by atoms with van der Waals surface area (Å²) in [4.78, 5) is 10.5. The topological polar surface area (TPSA) is 17.1 Å². The first kappa shape index (κ1) is 9.20. The molecule has 0 aliphatic rings. The van der Waals surface area contributed by atoms with Gasteiger partial charge in [0.2, 0.25) is 0 Å². The van der Waals surface area contributed by atoms with Crippen LogP contribution in [0.25, 0.3) is 0 Å². The van der Waals surface area contributed by atoms with E-state index in [1.807, 2.05) is 0 Å². The zero-order valence-electron chi connectivity index (χ0n) is 6.82. The lowest BCUT2D eigenvalue weighted by Gasteiger charge is -2.05. The van der Waals surface area contributed by atoms with Gasteiger partial charge in [0.15, 0.2) is 6.29 Å². The number of hydrogen-bond donors (Lipinski definition) is 0. The Bertz CT molecular complexity index is 308. The van der Waals surface area contributed by atoms with Crippen LogP contribution in [0.3, 0.4) is 0 Å². The van der Waals surface area contributed by atoms with Gasteiger partial charge in [-0.05, 0) is 31.0 Å². The zero-order valence-corrected chi connectivity index (χ0v) is 7.57. The number of hydrogen-bond acceptors (Lipinski definition) is 1. The van der Waals surface area contributed by atoms with Crippen LogP contribution in [-0.2, 0) is 0 Å². The fourth-order valence-electron chi connectivity index (χ4n) is 1.01. The van der Waals surface area contributed by atoms with Crippen LogP contribution in [0.2, 0.25) is 5.02 Å². The Morgan fingerprint density at radius 1 is 1.50 bits per heavy atom. The Morgan fingerprint density at radius 3 is 2.58 bits per heavy atom. The van der Waals surface area contributed by atoms with Gasteiger partial charge < -0.3 is 0 Å². The minimum absolute atomic E-state index is 0.0897. The van der Waals surface area contributed by atoms with E-state index in [0.717, 1.165) is 11.1 Å². The second-order valence-corrected chi connectivity index (χ2v) is 3.02. The minimum Gasteiger partial charge on any atom is -0.298 e. The number of benzene rings is 1. The first-order chi connectivity index (χ1) is 5.57. The molecule has 0 heterocycles. The summed E-state index contributed by atoms with van der Waals surface area (Å²) in [5, 5.41) is -0.0897. The van der Waals surface area contributed by atoms with Gasteiger partial charge in [-0.1, -0.05) is 11.6 Å². The fourth-order valence-corrected chi connectivity index (χ4v) is 1.25. The van der Waals surface area contributed by atoms with E-state index in [-0.39, 0.29) is 10.6 Å². The molecule has 0 N–H and O–H groups in total. The number of aryl methyl sites for hydroxylation is 1. The van der Waals surface area contributed by atoms with Crippen molar-refractivity contribution in [2.24, 2.45) is 0 Å². The Kier molecular flexibility index (Phi) is 2.48. The largest absolute Gasteiger partial charge is 0.298 e. The van der Waals surface area contributed by atoms with Crippen molar-refractivity contribution >= 4 is 17.9 Å². The standard InChI is InChI=1S/C9H8ClFO/c1-5-3-8(11)9(10)7(4-12)6(5)2/h3-4H,1-2H3. The average Bonchev–Trinajstić information content (AvgIpc) is 2.02. The third-order valence-corrected chi connectivity index (χ3v) is 2.29. The highest BCUT2D eigenvalue weighted by atomic mass is 35.5. The molecule has 0 radical (unpaired) electrons. The third-order valence-electron chi connectivity index (χ3n) is 1.90. The summed E-state index contributed by atoms with van der Waals surface area (Å²) in [6.45, 7) is 3.48. The van der Waals surface area contributed by atoms with Gasteiger partial charge in [-0.25, -0.2) is 4.39 Å². The van der Waals surface area contributed by atoms with Gasteiger partial charge in [0.25, 0.3) is 0 Å². The van der Waals surface area contributed by atoms with Crippen molar-refractivity contribution in [1.82, 2.24) is 0 Å². The average molecular weight is 187 g/mol. The number of carbonyl (C=O) groups is 1. The number of aldehydes is 1. The molecule has 0 spiro atoms. The van der Waals surface area contributed by atoms with Gasteiger partial charge in [0, 0.05) is 5.56 Å². The first-order valence-corrected chi connectivity index (χ1v) is 3.86. The summed E-state index contributed by atoms with van der Waals surface area (Å²) in [6.07, 6.45) is 0.577. The molecule has 0 aliphatic heterocycles. The van der Waals surface area contributed by atoms with Gasteiger partial charge >= 0.3 is 0 Å². The maximum Gasteiger partial charge on any atom is 0.151 e. The maximum atomic E-state index is 12.9. The number of carbonyl (C=O) groups excluding carboxylic acids is 1. The molecule has 0 amide bonds. The molecule has 0 saturated heterocycles. The van der Waals surface area contributed by atoms with Crippen LogP contribution in [0.15, 0.2) is 6.07 Å². The summed E-state index contributed by atoms with van der Waals surface area (Å²) < 4.78 is 12.9. The van der Waals surface area contributed by atoms with Gasteiger partial charge in [-0.2, -0.15) is 0 Å². The second kappa shape index (κ2) is 3.23. The fraction of sp³-hybridized carbons (Fsp3) is 0.222. The van der Waals surface area contributed by atoms with Crippen LogP contribution in [0.5, 0.6) is 0 Å². The molecule has 0 unspecified atom stereocenters. The highest BCUT2D eigenvalue weighted by Crippen LogP contribution is 2.24. The van der Waals surface area contributed by atoms with Crippen molar-refractivity contribution in [3.8, 4) is 0 Å². The summed E-state index contributed by atoms with van der Waals surface area (Å²) in [7, 11) is 0. The van der Waals surface area contributed by atoms with Crippen molar-refractivity contribution in [3.05, 3.63) is 33.6 Å². The highest BCUT2D eigenvalue weighted by molar-refractivity contribution is 6.33. The lowest BCUT2D eigenvalue weighted by molar-refractivity contribution is 0.112. The quantitative estimate of drug-likeness (QED) is 0.617. The molecular formula is C9H8ClFO. The lowest BCUT2D eigenvalue weighted by atomic mass is 10.0. The number of rotatable bonds is 1. The van der Waals surface area contributed by atoms with Crippen LogP contribution in [0.1, 0.15) is 21.5 Å². The van der Waals surface area contributed by atoms with E-state index >= 15 is 0 Å². The molecule has 1 aromatic carbocycles. The van der Waals surface area contributed by atoms with Gasteiger partial charge in [0.1, 0.15) is 5.82 Å². The third kappa shape index (κ3) is 1.34. The zero-order chi connectivity index (χ0) is 9.30. The molecule has 64 valence electrons. The second-order valence-electron chi connectivity index (χ2n) is 2.65. The van der Waals surface area contributed by atoms with E-state index in [1.54, 1.807) is 13.8 Å². The van der Waals surface area contributed by atoms with Crippen molar-refractivity contribution in [3.63, 3.8) is 0 Å². The smallest absolute Gasteiger partial charge is 0.151 e. The number of halogens is 2. The van der Waals surface area contributed by atoms with Crippen molar-refractivity contribution in [2.75, 3.05) is 0 Å². The molecule has 12 heavy (non-hydrogen) atoms. The monoisotopic (exact) mass is 186 g/mol. The summed E-state index contributed by atoms with van der Waals surface area (Å²) in [5.41, 5.74) is 1.71. The Morgan fingerprint density at radius 2 is 2.08 bits per heavy atom. The molecule has 0 saturated carbocycles. The SMILES string of the molecule is Cc1cc(F)c(Cl)c(C=O)c1C. The van der Waals surface area contributed by atoms with Gasteiger partial charge in [0.05, 0.1) is 5.02 Å². The predicted molar refractivity (Wildman–Crippen MR) is 46.3 cm³/mol. The van der Waals surface area contributed by atoms with E-state index in [9.17, 15) is 9.18 Å². The molecule has 0 aliphatic carbocycles. The Balaban J connectivity index is 3.52. The van der Waals surface area contributed by atoms with E-state index < -0.39 is 5.82 Å². The minimum atomic E-state index is -0.540. The van der Waals surface area contributed by atoms with Gasteiger partial charge in [-0.3, -0.25) is 4.79 Å². The molecular weight excluding hydrogens is 179 g/mol. The molecule has 1 aromatic rings. The summed E-state index contributed by atoms with van der Waals surface area (Å²) >= 11 is 5.56. The van der Waals surface area contributed by atoms with Crippen LogP contribution in [-0.4, -0.2) is 6.29 Å². The van der Waals surface area contributed by atoms with Crippen LogP contribution >= 0.6 is 11.6 Å². The Labute approximate surface area is 75.2 Å². The summed E-state index contributed by atoms with van der Waals surface area (Å²) in [5.74, 6) is -0.540. The molecule has 1 rings (SSSR count). The first-order valence-electron chi connectivity index (χ1n) is 3.48. The van der Waals surface area contributed by atoms with Gasteiger partial charge in [-0.15, -0.1) is 0 Å². The van der Waals surface area contributed by atoms with Crippen LogP contribution in [0, 0.1) is 19.7 Å². The molecule has 1 nitrogen and oxygen atoms in total. The molecule has 3 heteroatoms. The lowest BCUT2D eigenvalue weighted by Crippen LogP contribution is -1.94.